The van der Waals surface area contributed by atoms with Gasteiger partial charge in [0.2, 0.25) is 0 Å². The number of rotatable bonds is 3. The predicted molar refractivity (Wildman–Crippen MR) is 80.4 cm³/mol. The Hall–Kier alpha value is -0.270. The smallest absolute Gasteiger partial charge is 0.123 e. The molecule has 3 atom stereocenters. The highest BCUT2D eigenvalue weighted by Crippen LogP contribution is 2.38. The zero-order valence-electron chi connectivity index (χ0n) is 11.5. The molecule has 0 saturated heterocycles. The van der Waals surface area contributed by atoms with Crippen molar-refractivity contribution in [3.8, 4) is 0 Å². The molecule has 0 radical (unpaired) electrons. The minimum absolute atomic E-state index is 0.189. The van der Waals surface area contributed by atoms with Gasteiger partial charge in [0.1, 0.15) is 5.82 Å². The zero-order chi connectivity index (χ0) is 14.0. The van der Waals surface area contributed by atoms with Crippen molar-refractivity contribution in [2.45, 2.75) is 44.9 Å². The third-order valence-corrected chi connectivity index (χ3v) is 5.31. The first-order valence-corrected chi connectivity index (χ1v) is 7.86. The summed E-state index contributed by atoms with van der Waals surface area (Å²) in [7, 11) is 0. The lowest BCUT2D eigenvalue weighted by atomic mass is 9.74. The molecule has 3 unspecified atom stereocenters. The molecule has 1 aliphatic carbocycles. The van der Waals surface area contributed by atoms with Crippen LogP contribution in [-0.4, -0.2) is 5.38 Å². The van der Waals surface area contributed by atoms with Crippen molar-refractivity contribution in [3.63, 3.8) is 0 Å². The summed E-state index contributed by atoms with van der Waals surface area (Å²) in [6.45, 7) is 4.54. The number of alkyl halides is 1. The monoisotopic (exact) mass is 302 g/mol. The summed E-state index contributed by atoms with van der Waals surface area (Å²) < 4.78 is 13.3. The zero-order valence-corrected chi connectivity index (χ0v) is 13.0. The van der Waals surface area contributed by atoms with Crippen molar-refractivity contribution in [3.05, 3.63) is 34.6 Å². The van der Waals surface area contributed by atoms with Gasteiger partial charge in [0.15, 0.2) is 0 Å². The van der Waals surface area contributed by atoms with Crippen LogP contribution >= 0.6 is 23.2 Å². The largest absolute Gasteiger partial charge is 0.207 e. The molecule has 0 heterocycles. The van der Waals surface area contributed by atoms with Gasteiger partial charge in [-0.05, 0) is 67.2 Å². The van der Waals surface area contributed by atoms with Gasteiger partial charge in [-0.2, -0.15) is 0 Å². The van der Waals surface area contributed by atoms with Crippen LogP contribution in [0.1, 0.15) is 38.7 Å². The molecule has 106 valence electrons. The van der Waals surface area contributed by atoms with E-state index in [0.717, 1.165) is 30.7 Å². The summed E-state index contributed by atoms with van der Waals surface area (Å²) in [5.41, 5.74) is 0.890. The van der Waals surface area contributed by atoms with Crippen LogP contribution in [0.5, 0.6) is 0 Å². The third kappa shape index (κ3) is 3.86. The fraction of sp³-hybridized carbons (Fsp3) is 0.625. The van der Waals surface area contributed by atoms with E-state index >= 15 is 0 Å². The molecule has 19 heavy (non-hydrogen) atoms. The van der Waals surface area contributed by atoms with Crippen molar-refractivity contribution >= 4 is 23.2 Å². The normalized spacial score (nSPS) is 27.8. The highest BCUT2D eigenvalue weighted by Gasteiger charge is 2.31. The second-order valence-corrected chi connectivity index (χ2v) is 7.00. The minimum Gasteiger partial charge on any atom is -0.207 e. The third-order valence-electron chi connectivity index (χ3n) is 4.36. The van der Waals surface area contributed by atoms with E-state index in [2.05, 4.69) is 13.8 Å². The molecule has 0 N–H and O–H groups in total. The molecule has 1 saturated carbocycles. The number of hydrogen-bond donors (Lipinski definition) is 0. The minimum atomic E-state index is -0.221. The van der Waals surface area contributed by atoms with Crippen LogP contribution < -0.4 is 0 Å². The first-order chi connectivity index (χ1) is 8.97. The van der Waals surface area contributed by atoms with Crippen LogP contribution in [0.15, 0.2) is 18.2 Å². The lowest BCUT2D eigenvalue weighted by Crippen LogP contribution is -2.29. The second-order valence-electron chi connectivity index (χ2n) is 6.03. The van der Waals surface area contributed by atoms with E-state index in [4.69, 9.17) is 23.2 Å². The van der Waals surface area contributed by atoms with Gasteiger partial charge in [-0.15, -0.1) is 11.6 Å². The number of hydrogen-bond acceptors (Lipinski definition) is 0. The second kappa shape index (κ2) is 6.45. The molecule has 0 bridgehead atoms. The quantitative estimate of drug-likeness (QED) is 0.628. The average Bonchev–Trinajstić information content (AvgIpc) is 2.36. The van der Waals surface area contributed by atoms with Gasteiger partial charge in [0, 0.05) is 10.4 Å². The molecule has 2 rings (SSSR count). The Morgan fingerprint density at radius 2 is 2.05 bits per heavy atom. The van der Waals surface area contributed by atoms with E-state index < -0.39 is 0 Å². The van der Waals surface area contributed by atoms with E-state index in [1.165, 1.54) is 12.5 Å². The van der Waals surface area contributed by atoms with Crippen LogP contribution in [0, 0.1) is 23.6 Å². The van der Waals surface area contributed by atoms with E-state index in [9.17, 15) is 4.39 Å². The van der Waals surface area contributed by atoms with Gasteiger partial charge in [-0.3, -0.25) is 0 Å². The highest BCUT2D eigenvalue weighted by atomic mass is 35.5. The summed E-state index contributed by atoms with van der Waals surface area (Å²) in [6, 6.07) is 4.59. The fourth-order valence-electron chi connectivity index (χ4n) is 3.06. The summed E-state index contributed by atoms with van der Waals surface area (Å²) in [6.07, 6.45) is 4.17. The molecule has 1 aromatic carbocycles. The summed E-state index contributed by atoms with van der Waals surface area (Å²) in [5, 5.41) is 0.839. The molecule has 1 fully saturated rings. The summed E-state index contributed by atoms with van der Waals surface area (Å²) in [4.78, 5) is 0. The summed E-state index contributed by atoms with van der Waals surface area (Å²) >= 11 is 12.6. The molecule has 1 aliphatic rings. The molecule has 0 amide bonds. The van der Waals surface area contributed by atoms with Crippen molar-refractivity contribution in [2.24, 2.45) is 17.8 Å². The Morgan fingerprint density at radius 3 is 2.74 bits per heavy atom. The van der Waals surface area contributed by atoms with Gasteiger partial charge < -0.3 is 0 Å². The first-order valence-electron chi connectivity index (χ1n) is 7.05. The van der Waals surface area contributed by atoms with Crippen LogP contribution in [-0.2, 0) is 6.42 Å². The van der Waals surface area contributed by atoms with E-state index in [-0.39, 0.29) is 11.2 Å². The standard InChI is InChI=1S/C16H21Cl2F/c1-10(2)11-3-5-15(17)12(7-11)8-13-9-14(19)4-6-16(13)18/h4,6,9-12,15H,3,5,7-8H2,1-2H3. The molecule has 0 spiro atoms. The van der Waals surface area contributed by atoms with E-state index in [1.54, 1.807) is 12.1 Å². The Balaban J connectivity index is 2.09. The van der Waals surface area contributed by atoms with Crippen LogP contribution in [0.2, 0.25) is 5.02 Å². The molecule has 1 aromatic rings. The van der Waals surface area contributed by atoms with Crippen molar-refractivity contribution in [2.75, 3.05) is 0 Å². The SMILES string of the molecule is CC(C)C1CCC(Cl)C(Cc2cc(F)ccc2Cl)C1. The van der Waals surface area contributed by atoms with Crippen LogP contribution in [0.4, 0.5) is 4.39 Å². The van der Waals surface area contributed by atoms with Crippen molar-refractivity contribution in [1.82, 2.24) is 0 Å². The average molecular weight is 303 g/mol. The molecule has 0 nitrogen and oxygen atoms in total. The van der Waals surface area contributed by atoms with Gasteiger partial charge >= 0.3 is 0 Å². The Bertz CT molecular complexity index is 431. The van der Waals surface area contributed by atoms with Crippen LogP contribution in [0.3, 0.4) is 0 Å². The molecular weight excluding hydrogens is 282 g/mol. The first kappa shape index (κ1) is 15.1. The Kier molecular flexibility index (Phi) is 5.14. The van der Waals surface area contributed by atoms with Gasteiger partial charge in [0.25, 0.3) is 0 Å². The lowest BCUT2D eigenvalue weighted by Gasteiger charge is -2.35. The number of benzene rings is 1. The topological polar surface area (TPSA) is 0 Å². The van der Waals surface area contributed by atoms with Crippen LogP contribution in [0.25, 0.3) is 0 Å². The highest BCUT2D eigenvalue weighted by molar-refractivity contribution is 6.31. The van der Waals surface area contributed by atoms with Crippen molar-refractivity contribution < 1.29 is 4.39 Å². The molecule has 3 heteroatoms. The van der Waals surface area contributed by atoms with E-state index in [0.29, 0.717) is 16.9 Å². The predicted octanol–water partition coefficient (Wildman–Crippen LogP) is 5.70. The fourth-order valence-corrected chi connectivity index (χ4v) is 3.57. The Labute approximate surface area is 125 Å². The lowest BCUT2D eigenvalue weighted by molar-refractivity contribution is 0.218. The van der Waals surface area contributed by atoms with Gasteiger partial charge in [-0.25, -0.2) is 4.39 Å². The number of halogens is 3. The maximum absolute atomic E-state index is 13.3. The maximum Gasteiger partial charge on any atom is 0.123 e. The van der Waals surface area contributed by atoms with E-state index in [1.807, 2.05) is 0 Å². The van der Waals surface area contributed by atoms with Crippen molar-refractivity contribution in [1.29, 1.82) is 0 Å². The molecular formula is C16H21Cl2F. The summed E-state index contributed by atoms with van der Waals surface area (Å²) in [5.74, 6) is 1.60. The Morgan fingerprint density at radius 1 is 1.32 bits per heavy atom. The van der Waals surface area contributed by atoms with Gasteiger partial charge in [-0.1, -0.05) is 25.4 Å². The maximum atomic E-state index is 13.3. The molecule has 0 aromatic heterocycles. The van der Waals surface area contributed by atoms with Gasteiger partial charge in [0.05, 0.1) is 0 Å². The molecule has 0 aliphatic heterocycles.